The number of fused-ring (bicyclic) bond motifs is 1. The zero-order valence-electron chi connectivity index (χ0n) is 19.2. The van der Waals surface area contributed by atoms with Crippen LogP contribution in [0.5, 0.6) is 0 Å². The van der Waals surface area contributed by atoms with Crippen LogP contribution in [-0.2, 0) is 14.8 Å². The Balaban J connectivity index is 1.41. The number of rotatable bonds is 7. The van der Waals surface area contributed by atoms with Gasteiger partial charge in [-0.2, -0.15) is 0 Å². The summed E-state index contributed by atoms with van der Waals surface area (Å²) in [4.78, 5) is 20.6. The molecular weight excluding hydrogens is 424 g/mol. The van der Waals surface area contributed by atoms with E-state index < -0.39 is 16.1 Å². The molecule has 2 aliphatic heterocycles. The average molecular weight is 461 g/mol. The van der Waals surface area contributed by atoms with Crippen molar-refractivity contribution in [2.45, 2.75) is 75.8 Å². The standard InChI is InChI=1S/C24H36N4O3S/c1-3-17(2)22(26-23-20-10-6-7-11-21(20)32(30,31)27-23)24(29)25-19-12-14-28(15-13-19)16-18-8-4-5-9-18/h6-7,10-11,17-19,22H,3-5,8-9,12-16H2,1-2H3,(H,25,29)(H,26,27)/t17-,22-/m0/s1. The zero-order valence-corrected chi connectivity index (χ0v) is 20.0. The predicted molar refractivity (Wildman–Crippen MR) is 126 cm³/mol. The molecule has 0 radical (unpaired) electrons. The number of benzene rings is 1. The highest BCUT2D eigenvalue weighted by Gasteiger charge is 2.34. The van der Waals surface area contributed by atoms with Gasteiger partial charge in [-0.3, -0.25) is 14.5 Å². The summed E-state index contributed by atoms with van der Waals surface area (Å²) in [5.74, 6) is 1.02. The SMILES string of the molecule is CC[C@H](C)[C@H](N=C1NS(=O)(=O)c2ccccc21)C(=O)NC1CCN(CC2CCCC2)CC1. The first-order chi connectivity index (χ1) is 15.4. The minimum Gasteiger partial charge on any atom is -0.351 e. The number of aliphatic imine (C=N–C) groups is 1. The fraction of sp³-hybridized carbons (Fsp3) is 0.667. The first kappa shape index (κ1) is 23.2. The molecule has 0 spiro atoms. The number of hydrogen-bond donors (Lipinski definition) is 2. The predicted octanol–water partition coefficient (Wildman–Crippen LogP) is 2.91. The molecule has 0 aromatic heterocycles. The Labute approximate surface area is 192 Å². The van der Waals surface area contributed by atoms with Gasteiger partial charge in [0.15, 0.2) is 0 Å². The van der Waals surface area contributed by atoms with Gasteiger partial charge in [0, 0.05) is 31.2 Å². The molecule has 2 atom stereocenters. The maximum absolute atomic E-state index is 13.2. The fourth-order valence-electron chi connectivity index (χ4n) is 5.14. The molecule has 32 heavy (non-hydrogen) atoms. The molecule has 1 aromatic carbocycles. The van der Waals surface area contributed by atoms with E-state index in [4.69, 9.17) is 0 Å². The van der Waals surface area contributed by atoms with Crippen molar-refractivity contribution in [3.63, 3.8) is 0 Å². The Morgan fingerprint density at radius 3 is 2.56 bits per heavy atom. The summed E-state index contributed by atoms with van der Waals surface area (Å²) in [5, 5.41) is 3.22. The van der Waals surface area contributed by atoms with Crippen LogP contribution in [0, 0.1) is 11.8 Å². The number of sulfonamides is 1. The lowest BCUT2D eigenvalue weighted by molar-refractivity contribution is -0.124. The van der Waals surface area contributed by atoms with Gasteiger partial charge in [-0.1, -0.05) is 45.2 Å². The van der Waals surface area contributed by atoms with E-state index in [2.05, 4.69) is 19.9 Å². The molecule has 2 heterocycles. The van der Waals surface area contributed by atoms with E-state index in [9.17, 15) is 13.2 Å². The summed E-state index contributed by atoms with van der Waals surface area (Å²) in [5.41, 5.74) is 0.536. The summed E-state index contributed by atoms with van der Waals surface area (Å²) in [7, 11) is -3.62. The van der Waals surface area contributed by atoms with Gasteiger partial charge < -0.3 is 10.2 Å². The van der Waals surface area contributed by atoms with Gasteiger partial charge in [-0.25, -0.2) is 8.42 Å². The molecule has 0 unspecified atom stereocenters. The number of amidine groups is 1. The smallest absolute Gasteiger partial charge is 0.263 e. The highest BCUT2D eigenvalue weighted by molar-refractivity contribution is 7.90. The van der Waals surface area contributed by atoms with Crippen molar-refractivity contribution >= 4 is 21.8 Å². The van der Waals surface area contributed by atoms with Crippen LogP contribution in [0.3, 0.4) is 0 Å². The largest absolute Gasteiger partial charge is 0.351 e. The highest BCUT2D eigenvalue weighted by atomic mass is 32.2. The van der Waals surface area contributed by atoms with Crippen LogP contribution >= 0.6 is 0 Å². The second-order valence-corrected chi connectivity index (χ2v) is 11.3. The minimum absolute atomic E-state index is 0.00206. The zero-order chi connectivity index (χ0) is 22.7. The van der Waals surface area contributed by atoms with Crippen molar-refractivity contribution in [1.82, 2.24) is 14.9 Å². The normalized spacial score (nSPS) is 24.8. The summed E-state index contributed by atoms with van der Waals surface area (Å²) in [6.45, 7) is 7.27. The van der Waals surface area contributed by atoms with Crippen molar-refractivity contribution in [2.24, 2.45) is 16.8 Å². The van der Waals surface area contributed by atoms with Crippen molar-refractivity contribution in [1.29, 1.82) is 0 Å². The third-order valence-electron chi connectivity index (χ3n) is 7.31. The van der Waals surface area contributed by atoms with Crippen molar-refractivity contribution in [2.75, 3.05) is 19.6 Å². The second-order valence-electron chi connectivity index (χ2n) is 9.64. The van der Waals surface area contributed by atoms with E-state index >= 15 is 0 Å². The van der Waals surface area contributed by atoms with E-state index in [1.54, 1.807) is 24.3 Å². The number of piperidine rings is 1. The van der Waals surface area contributed by atoms with Crippen LogP contribution < -0.4 is 10.0 Å². The Morgan fingerprint density at radius 1 is 1.19 bits per heavy atom. The van der Waals surface area contributed by atoms with E-state index in [0.29, 0.717) is 5.56 Å². The number of nitrogens with one attached hydrogen (secondary N) is 2. The Morgan fingerprint density at radius 2 is 1.88 bits per heavy atom. The van der Waals surface area contributed by atoms with Gasteiger partial charge in [-0.15, -0.1) is 0 Å². The quantitative estimate of drug-likeness (QED) is 0.655. The van der Waals surface area contributed by atoms with E-state index in [-0.39, 0.29) is 28.6 Å². The maximum atomic E-state index is 13.2. The Hall–Kier alpha value is -1.93. The van der Waals surface area contributed by atoms with Crippen molar-refractivity contribution in [3.05, 3.63) is 29.8 Å². The third-order valence-corrected chi connectivity index (χ3v) is 8.70. The molecule has 1 saturated carbocycles. The van der Waals surface area contributed by atoms with Gasteiger partial charge in [-0.05, 0) is 49.7 Å². The van der Waals surface area contributed by atoms with E-state index in [1.807, 2.05) is 13.8 Å². The number of likely N-dealkylation sites (tertiary alicyclic amines) is 1. The molecule has 0 bridgehead atoms. The summed E-state index contributed by atoms with van der Waals surface area (Å²) in [6, 6.07) is 6.31. The molecule has 7 nitrogen and oxygen atoms in total. The highest BCUT2D eigenvalue weighted by Crippen LogP contribution is 2.27. The second kappa shape index (κ2) is 9.91. The number of nitrogens with zero attached hydrogens (tertiary/aromatic N) is 2. The molecule has 1 aliphatic carbocycles. The van der Waals surface area contributed by atoms with Crippen LogP contribution in [0.4, 0.5) is 0 Å². The fourth-order valence-corrected chi connectivity index (χ4v) is 6.38. The first-order valence-electron chi connectivity index (χ1n) is 12.1. The summed E-state index contributed by atoms with van der Waals surface area (Å²) < 4.78 is 27.4. The lowest BCUT2D eigenvalue weighted by atomic mass is 9.97. The maximum Gasteiger partial charge on any atom is 0.263 e. The number of hydrogen-bond acceptors (Lipinski definition) is 5. The van der Waals surface area contributed by atoms with Gasteiger partial charge >= 0.3 is 0 Å². The van der Waals surface area contributed by atoms with E-state index in [0.717, 1.165) is 38.3 Å². The molecule has 3 aliphatic rings. The number of carbonyl (C=O) groups excluding carboxylic acids is 1. The molecule has 2 N–H and O–H groups in total. The van der Waals surface area contributed by atoms with E-state index in [1.165, 1.54) is 32.2 Å². The van der Waals surface area contributed by atoms with Crippen molar-refractivity contribution < 1.29 is 13.2 Å². The van der Waals surface area contributed by atoms with Gasteiger partial charge in [0.1, 0.15) is 11.9 Å². The number of carbonyl (C=O) groups is 1. The number of amides is 1. The average Bonchev–Trinajstić information content (AvgIpc) is 3.39. The summed E-state index contributed by atoms with van der Waals surface area (Å²) in [6.07, 6.45) is 8.16. The molecule has 176 valence electrons. The topological polar surface area (TPSA) is 90.9 Å². The molecule has 4 rings (SSSR count). The molecule has 1 aromatic rings. The Kier molecular flexibility index (Phi) is 7.20. The molecule has 2 fully saturated rings. The monoisotopic (exact) mass is 460 g/mol. The molecule has 8 heteroatoms. The lowest BCUT2D eigenvalue weighted by Crippen LogP contribution is -2.49. The van der Waals surface area contributed by atoms with Crippen molar-refractivity contribution in [3.8, 4) is 0 Å². The molecular formula is C24H36N4O3S. The van der Waals surface area contributed by atoms with Crippen LogP contribution in [-0.4, -0.2) is 56.8 Å². The summed E-state index contributed by atoms with van der Waals surface area (Å²) >= 11 is 0. The lowest BCUT2D eigenvalue weighted by Gasteiger charge is -2.34. The van der Waals surface area contributed by atoms with Crippen LogP contribution in [0.1, 0.15) is 64.4 Å². The first-order valence-corrected chi connectivity index (χ1v) is 13.6. The van der Waals surface area contributed by atoms with Crippen LogP contribution in [0.2, 0.25) is 0 Å². The van der Waals surface area contributed by atoms with Gasteiger partial charge in [0.2, 0.25) is 5.91 Å². The van der Waals surface area contributed by atoms with Gasteiger partial charge in [0.25, 0.3) is 10.0 Å². The Bertz CT molecular complexity index is 948. The van der Waals surface area contributed by atoms with Gasteiger partial charge in [0.05, 0.1) is 4.90 Å². The third kappa shape index (κ3) is 5.17. The van der Waals surface area contributed by atoms with Crippen LogP contribution in [0.25, 0.3) is 0 Å². The molecule has 1 saturated heterocycles. The van der Waals surface area contributed by atoms with Crippen LogP contribution in [0.15, 0.2) is 34.2 Å². The minimum atomic E-state index is -3.62. The molecule has 1 amide bonds.